The van der Waals surface area contributed by atoms with E-state index in [2.05, 4.69) is 92.4 Å². The maximum Gasteiger partial charge on any atom is 0.114 e. The first-order valence-corrected chi connectivity index (χ1v) is 9.85. The number of nitrogens with one attached hydrogen (secondary N) is 3. The lowest BCUT2D eigenvalue weighted by Crippen LogP contribution is -2.26. The lowest BCUT2D eigenvalue weighted by atomic mass is 9.85. The van der Waals surface area contributed by atoms with Gasteiger partial charge in [-0.15, -0.1) is 0 Å². The Morgan fingerprint density at radius 1 is 0.704 bits per heavy atom. The average Bonchev–Trinajstić information content (AvgIpc) is 3.33. The molecule has 0 saturated carbocycles. The third-order valence-electron chi connectivity index (χ3n) is 5.22. The van der Waals surface area contributed by atoms with Gasteiger partial charge in [-0.3, -0.25) is 0 Å². The molecule has 4 nitrogen and oxygen atoms in total. The Labute approximate surface area is 166 Å². The quantitative estimate of drug-likeness (QED) is 0.438. The molecule has 3 aromatic carbocycles. The molecule has 1 aromatic heterocycles. The molecule has 3 unspecified atom stereocenters. The van der Waals surface area contributed by atoms with Crippen LogP contribution in [0.5, 0.6) is 0 Å². The molecule has 1 saturated heterocycles. The van der Waals surface area contributed by atoms with Gasteiger partial charge in [0.2, 0.25) is 0 Å². The van der Waals surface area contributed by atoms with Crippen molar-refractivity contribution in [3.8, 4) is 0 Å². The topological polar surface area (TPSA) is 52.7 Å². The Bertz CT molecular complexity index is 1030. The molecule has 0 radical (unpaired) electrons. The SMILES string of the molecule is Brc1ccc(C2NNC(c3ccccc3)C2c2nc3ccccc3[nH]2)cc1. The van der Waals surface area contributed by atoms with Crippen molar-refractivity contribution < 1.29 is 0 Å². The summed E-state index contributed by atoms with van der Waals surface area (Å²) in [6.45, 7) is 0. The van der Waals surface area contributed by atoms with Crippen molar-refractivity contribution in [2.75, 3.05) is 0 Å². The number of nitrogens with zero attached hydrogens (tertiary/aromatic N) is 1. The zero-order valence-corrected chi connectivity index (χ0v) is 16.1. The van der Waals surface area contributed by atoms with Gasteiger partial charge in [0.1, 0.15) is 5.82 Å². The highest BCUT2D eigenvalue weighted by atomic mass is 79.9. The van der Waals surface area contributed by atoms with Crippen molar-refractivity contribution in [2.45, 2.75) is 18.0 Å². The van der Waals surface area contributed by atoms with E-state index in [1.165, 1.54) is 11.1 Å². The molecule has 3 N–H and O–H groups in total. The van der Waals surface area contributed by atoms with Crippen molar-refractivity contribution in [3.63, 3.8) is 0 Å². The van der Waals surface area contributed by atoms with E-state index in [-0.39, 0.29) is 18.0 Å². The molecule has 5 rings (SSSR count). The van der Waals surface area contributed by atoms with E-state index >= 15 is 0 Å². The third-order valence-corrected chi connectivity index (χ3v) is 5.75. The summed E-state index contributed by atoms with van der Waals surface area (Å²) in [5.74, 6) is 1.14. The van der Waals surface area contributed by atoms with Crippen LogP contribution in [-0.2, 0) is 0 Å². The number of benzene rings is 3. The van der Waals surface area contributed by atoms with E-state index in [9.17, 15) is 0 Å². The maximum atomic E-state index is 4.92. The molecule has 0 bridgehead atoms. The summed E-state index contributed by atoms with van der Waals surface area (Å²) < 4.78 is 1.08. The first-order chi connectivity index (χ1) is 13.3. The molecule has 1 fully saturated rings. The van der Waals surface area contributed by atoms with Crippen LogP contribution in [-0.4, -0.2) is 9.97 Å². The number of aromatic amines is 1. The number of hydrogen-bond donors (Lipinski definition) is 3. The van der Waals surface area contributed by atoms with E-state index in [4.69, 9.17) is 4.98 Å². The minimum atomic E-state index is 0.115. The Morgan fingerprint density at radius 2 is 1.33 bits per heavy atom. The highest BCUT2D eigenvalue weighted by Gasteiger charge is 2.40. The maximum absolute atomic E-state index is 4.92. The first-order valence-electron chi connectivity index (χ1n) is 9.06. The largest absolute Gasteiger partial charge is 0.342 e. The fraction of sp³-hybridized carbons (Fsp3) is 0.136. The van der Waals surface area contributed by atoms with Crippen molar-refractivity contribution in [3.05, 3.63) is 100 Å². The van der Waals surface area contributed by atoms with E-state index in [1.54, 1.807) is 0 Å². The van der Waals surface area contributed by atoms with Crippen LogP contribution < -0.4 is 10.9 Å². The standard InChI is InChI=1S/C22H19BrN4/c23-16-12-10-15(11-13-16)21-19(20(26-27-21)14-6-2-1-3-7-14)22-24-17-8-4-5-9-18(17)25-22/h1-13,19-21,26-27H,(H,24,25). The van der Waals surface area contributed by atoms with Crippen molar-refractivity contribution in [1.82, 2.24) is 20.8 Å². The zero-order chi connectivity index (χ0) is 18.2. The number of aromatic nitrogens is 2. The van der Waals surface area contributed by atoms with E-state index in [0.717, 1.165) is 21.3 Å². The van der Waals surface area contributed by atoms with Gasteiger partial charge < -0.3 is 4.98 Å². The Balaban J connectivity index is 1.62. The lowest BCUT2D eigenvalue weighted by molar-refractivity contribution is 0.530. The monoisotopic (exact) mass is 418 g/mol. The number of hydrogen-bond acceptors (Lipinski definition) is 3. The average molecular weight is 419 g/mol. The molecule has 5 heteroatoms. The number of hydrazine groups is 1. The van der Waals surface area contributed by atoms with Crippen molar-refractivity contribution in [2.24, 2.45) is 0 Å². The van der Waals surface area contributed by atoms with Gasteiger partial charge in [0.15, 0.2) is 0 Å². The number of imidazole rings is 1. The molecule has 0 amide bonds. The smallest absolute Gasteiger partial charge is 0.114 e. The van der Waals surface area contributed by atoms with Crippen molar-refractivity contribution in [1.29, 1.82) is 0 Å². The second kappa shape index (κ2) is 6.93. The number of rotatable bonds is 3. The van der Waals surface area contributed by atoms with E-state index < -0.39 is 0 Å². The van der Waals surface area contributed by atoms with Gasteiger partial charge in [-0.25, -0.2) is 15.8 Å². The fourth-order valence-electron chi connectivity index (χ4n) is 3.91. The van der Waals surface area contributed by atoms with Crippen molar-refractivity contribution >= 4 is 27.0 Å². The highest BCUT2D eigenvalue weighted by molar-refractivity contribution is 9.10. The van der Waals surface area contributed by atoms with Crippen LogP contribution in [0.3, 0.4) is 0 Å². The van der Waals surface area contributed by atoms with Gasteiger partial charge in [0.05, 0.1) is 29.0 Å². The predicted molar refractivity (Wildman–Crippen MR) is 111 cm³/mol. The Kier molecular flexibility index (Phi) is 4.28. The summed E-state index contributed by atoms with van der Waals surface area (Å²) in [6, 6.07) is 27.5. The molecule has 2 heterocycles. The summed E-state index contributed by atoms with van der Waals surface area (Å²) in [6.07, 6.45) is 0. The summed E-state index contributed by atoms with van der Waals surface area (Å²) >= 11 is 3.53. The zero-order valence-electron chi connectivity index (χ0n) is 14.6. The van der Waals surface area contributed by atoms with Crippen LogP contribution in [0.4, 0.5) is 0 Å². The Hall–Kier alpha value is -2.47. The number of fused-ring (bicyclic) bond motifs is 1. The van der Waals surface area contributed by atoms with Crippen LogP contribution in [0.25, 0.3) is 11.0 Å². The molecule has 4 aromatic rings. The van der Waals surface area contributed by atoms with Crippen LogP contribution in [0.15, 0.2) is 83.3 Å². The minimum absolute atomic E-state index is 0.115. The fourth-order valence-corrected chi connectivity index (χ4v) is 4.17. The Morgan fingerprint density at radius 3 is 2.04 bits per heavy atom. The van der Waals surface area contributed by atoms with Crippen LogP contribution in [0.1, 0.15) is 35.0 Å². The second-order valence-corrected chi connectivity index (χ2v) is 7.79. The molecular weight excluding hydrogens is 400 g/mol. The lowest BCUT2D eigenvalue weighted by Gasteiger charge is -2.22. The predicted octanol–water partition coefficient (Wildman–Crippen LogP) is 5.00. The summed E-state index contributed by atoms with van der Waals surface area (Å²) in [4.78, 5) is 8.47. The molecule has 0 aliphatic carbocycles. The van der Waals surface area contributed by atoms with Gasteiger partial charge in [-0.1, -0.05) is 70.5 Å². The summed E-state index contributed by atoms with van der Waals surface area (Å²) in [5.41, 5.74) is 11.6. The first kappa shape index (κ1) is 16.7. The van der Waals surface area contributed by atoms with Crippen LogP contribution in [0, 0.1) is 0 Å². The van der Waals surface area contributed by atoms with E-state index in [1.807, 2.05) is 18.2 Å². The molecule has 1 aliphatic heterocycles. The van der Waals surface area contributed by atoms with Gasteiger partial charge in [-0.05, 0) is 35.4 Å². The second-order valence-electron chi connectivity index (χ2n) is 6.87. The molecule has 0 spiro atoms. The molecule has 1 aliphatic rings. The molecule has 3 atom stereocenters. The summed E-state index contributed by atoms with van der Waals surface area (Å²) in [5, 5.41) is 0. The van der Waals surface area contributed by atoms with E-state index in [0.29, 0.717) is 0 Å². The molecule has 134 valence electrons. The number of H-pyrrole nitrogens is 1. The normalized spacial score (nSPS) is 22.3. The number of halogens is 1. The van der Waals surface area contributed by atoms with Crippen LogP contribution in [0.2, 0.25) is 0 Å². The van der Waals surface area contributed by atoms with Gasteiger partial charge in [0.25, 0.3) is 0 Å². The molecule has 27 heavy (non-hydrogen) atoms. The third kappa shape index (κ3) is 3.08. The van der Waals surface area contributed by atoms with Crippen LogP contribution >= 0.6 is 15.9 Å². The number of para-hydroxylation sites is 2. The van der Waals surface area contributed by atoms with Gasteiger partial charge in [0, 0.05) is 4.47 Å². The minimum Gasteiger partial charge on any atom is -0.342 e. The molecular formula is C22H19BrN4. The van der Waals surface area contributed by atoms with Gasteiger partial charge in [-0.2, -0.15) is 0 Å². The van der Waals surface area contributed by atoms with Gasteiger partial charge >= 0.3 is 0 Å². The highest BCUT2D eigenvalue weighted by Crippen LogP contribution is 2.43. The summed E-state index contributed by atoms with van der Waals surface area (Å²) in [7, 11) is 0.